The van der Waals surface area contributed by atoms with Crippen molar-refractivity contribution in [3.63, 3.8) is 0 Å². The maximum atomic E-state index is 13.6. The van der Waals surface area contributed by atoms with Gasteiger partial charge >= 0.3 is 0 Å². The maximum Gasteiger partial charge on any atom is 0.128 e. The van der Waals surface area contributed by atoms with Crippen molar-refractivity contribution in [3.05, 3.63) is 29.6 Å². The van der Waals surface area contributed by atoms with Crippen LogP contribution in [0, 0.1) is 11.7 Å². The first-order chi connectivity index (χ1) is 8.11. The lowest BCUT2D eigenvalue weighted by Crippen LogP contribution is -2.39. The van der Waals surface area contributed by atoms with Crippen molar-refractivity contribution < 1.29 is 8.78 Å². The van der Waals surface area contributed by atoms with Crippen molar-refractivity contribution in [1.82, 2.24) is 5.32 Å². The van der Waals surface area contributed by atoms with Crippen LogP contribution in [0.2, 0.25) is 0 Å². The monoisotopic (exact) mass is 256 g/mol. The van der Waals surface area contributed by atoms with Gasteiger partial charge in [0.05, 0.1) is 17.7 Å². The van der Waals surface area contributed by atoms with Crippen molar-refractivity contribution >= 4 is 22.9 Å². The summed E-state index contributed by atoms with van der Waals surface area (Å²) in [7, 11) is 0. The van der Waals surface area contributed by atoms with Crippen LogP contribution < -0.4 is 11.1 Å². The Bertz CT molecular complexity index is 437. The minimum atomic E-state index is -0.460. The summed E-state index contributed by atoms with van der Waals surface area (Å²) in [5, 5.41) is 3.00. The van der Waals surface area contributed by atoms with E-state index in [1.165, 1.54) is 12.1 Å². The summed E-state index contributed by atoms with van der Waals surface area (Å²) in [5.41, 5.74) is 6.65. The van der Waals surface area contributed by atoms with E-state index in [-0.39, 0.29) is 17.8 Å². The molecule has 1 aliphatic heterocycles. The fourth-order valence-corrected chi connectivity index (χ4v) is 2.39. The van der Waals surface area contributed by atoms with Crippen LogP contribution in [0.15, 0.2) is 18.2 Å². The molecule has 1 fully saturated rings. The first-order valence-electron chi connectivity index (χ1n) is 5.53. The Morgan fingerprint density at radius 3 is 2.82 bits per heavy atom. The van der Waals surface area contributed by atoms with E-state index in [0.717, 1.165) is 0 Å². The van der Waals surface area contributed by atoms with Crippen LogP contribution in [0.1, 0.15) is 24.4 Å². The number of nitrogens with one attached hydrogen (secondary N) is 1. The lowest BCUT2D eigenvalue weighted by Gasteiger charge is -2.30. The van der Waals surface area contributed by atoms with E-state index in [0.29, 0.717) is 29.1 Å². The van der Waals surface area contributed by atoms with Crippen LogP contribution in [0.3, 0.4) is 0 Å². The molecule has 92 valence electrons. The van der Waals surface area contributed by atoms with Gasteiger partial charge in [-0.2, -0.15) is 0 Å². The highest BCUT2D eigenvalue weighted by Crippen LogP contribution is 2.29. The highest BCUT2D eigenvalue weighted by Gasteiger charge is 2.27. The van der Waals surface area contributed by atoms with E-state index in [9.17, 15) is 8.78 Å². The van der Waals surface area contributed by atoms with Crippen molar-refractivity contribution in [3.8, 4) is 0 Å². The summed E-state index contributed by atoms with van der Waals surface area (Å²) in [6, 6.07) is 4.26. The van der Waals surface area contributed by atoms with E-state index in [4.69, 9.17) is 18.0 Å². The highest BCUT2D eigenvalue weighted by molar-refractivity contribution is 7.80. The third-order valence-electron chi connectivity index (χ3n) is 3.07. The van der Waals surface area contributed by atoms with E-state index >= 15 is 0 Å². The number of nitrogens with two attached hydrogens (primary N) is 1. The fourth-order valence-electron chi connectivity index (χ4n) is 2.07. The summed E-state index contributed by atoms with van der Waals surface area (Å²) < 4.78 is 26.2. The van der Waals surface area contributed by atoms with Crippen molar-refractivity contribution in [2.24, 2.45) is 5.92 Å². The quantitative estimate of drug-likeness (QED) is 0.631. The Morgan fingerprint density at radius 1 is 1.41 bits per heavy atom. The van der Waals surface area contributed by atoms with E-state index in [2.05, 4.69) is 5.32 Å². The molecule has 0 bridgehead atoms. The number of benzene rings is 1. The van der Waals surface area contributed by atoms with Gasteiger partial charge in [0, 0.05) is 17.2 Å². The standard InChI is InChI=1S/C12H14F2N2S/c13-6-7-1-4-11(16-12(7)17)9-5-8(15)2-3-10(9)14/h2-3,5,7,11H,1,4,6,15H2,(H,16,17). The second-order valence-corrected chi connectivity index (χ2v) is 4.71. The molecular weight excluding hydrogens is 242 g/mol. The molecule has 1 aromatic carbocycles. The van der Waals surface area contributed by atoms with Gasteiger partial charge < -0.3 is 11.1 Å². The summed E-state index contributed by atoms with van der Waals surface area (Å²) in [4.78, 5) is 0.477. The largest absolute Gasteiger partial charge is 0.399 e. The normalized spacial score (nSPS) is 24.5. The SMILES string of the molecule is Nc1ccc(F)c(C2CCC(CF)C(=S)N2)c1. The van der Waals surface area contributed by atoms with Gasteiger partial charge in [-0.1, -0.05) is 12.2 Å². The van der Waals surface area contributed by atoms with Gasteiger partial charge in [0.15, 0.2) is 0 Å². The van der Waals surface area contributed by atoms with Gasteiger partial charge in [-0.05, 0) is 31.0 Å². The van der Waals surface area contributed by atoms with E-state index < -0.39 is 6.67 Å². The molecule has 0 aromatic heterocycles. The van der Waals surface area contributed by atoms with Gasteiger partial charge in [0.25, 0.3) is 0 Å². The van der Waals surface area contributed by atoms with Crippen LogP contribution in [-0.4, -0.2) is 11.7 Å². The molecule has 1 saturated heterocycles. The average Bonchev–Trinajstić information content (AvgIpc) is 2.32. The van der Waals surface area contributed by atoms with Gasteiger partial charge in [0.1, 0.15) is 5.82 Å². The number of hydrogen-bond donors (Lipinski definition) is 2. The van der Waals surface area contributed by atoms with E-state index in [1.54, 1.807) is 6.07 Å². The number of thiocarbonyl (C=S) groups is 1. The van der Waals surface area contributed by atoms with Crippen molar-refractivity contribution in [2.45, 2.75) is 18.9 Å². The predicted octanol–water partition coefficient (Wildman–Crippen LogP) is 2.75. The molecule has 0 spiro atoms. The smallest absolute Gasteiger partial charge is 0.128 e. The Hall–Kier alpha value is -1.23. The molecule has 1 aliphatic rings. The molecule has 0 aliphatic carbocycles. The summed E-state index contributed by atoms with van der Waals surface area (Å²) in [5.74, 6) is -0.538. The zero-order chi connectivity index (χ0) is 12.4. The minimum absolute atomic E-state index is 0.200. The third kappa shape index (κ3) is 2.54. The van der Waals surface area contributed by atoms with Crippen LogP contribution in [0.4, 0.5) is 14.5 Å². The Morgan fingerprint density at radius 2 is 2.18 bits per heavy atom. The zero-order valence-electron chi connectivity index (χ0n) is 9.25. The molecule has 5 heteroatoms. The number of rotatable bonds is 2. The first kappa shape index (κ1) is 12.2. The molecule has 0 amide bonds. The molecule has 2 atom stereocenters. The number of nitrogen functional groups attached to an aromatic ring is 1. The summed E-state index contributed by atoms with van der Waals surface area (Å²) in [6.07, 6.45) is 1.30. The number of hydrogen-bond acceptors (Lipinski definition) is 2. The molecule has 0 radical (unpaired) electrons. The molecule has 3 N–H and O–H groups in total. The maximum absolute atomic E-state index is 13.6. The number of alkyl halides is 1. The fraction of sp³-hybridized carbons (Fsp3) is 0.417. The zero-order valence-corrected chi connectivity index (χ0v) is 10.1. The second kappa shape index (κ2) is 4.96. The molecule has 2 unspecified atom stereocenters. The number of anilines is 1. The molecule has 2 rings (SSSR count). The van der Waals surface area contributed by atoms with Gasteiger partial charge in [-0.15, -0.1) is 0 Å². The molecule has 1 heterocycles. The van der Waals surface area contributed by atoms with Crippen LogP contribution >= 0.6 is 12.2 Å². The minimum Gasteiger partial charge on any atom is -0.399 e. The summed E-state index contributed by atoms with van der Waals surface area (Å²) in [6.45, 7) is -0.460. The van der Waals surface area contributed by atoms with Crippen LogP contribution in [0.25, 0.3) is 0 Å². The number of halogens is 2. The summed E-state index contributed by atoms with van der Waals surface area (Å²) >= 11 is 5.07. The Balaban J connectivity index is 2.19. The van der Waals surface area contributed by atoms with Gasteiger partial charge in [-0.25, -0.2) is 4.39 Å². The van der Waals surface area contributed by atoms with Crippen LogP contribution in [-0.2, 0) is 0 Å². The molecule has 0 saturated carbocycles. The molecular formula is C12H14F2N2S. The molecule has 2 nitrogen and oxygen atoms in total. The average molecular weight is 256 g/mol. The van der Waals surface area contributed by atoms with Crippen LogP contribution in [0.5, 0.6) is 0 Å². The Kier molecular flexibility index (Phi) is 3.57. The molecule has 17 heavy (non-hydrogen) atoms. The second-order valence-electron chi connectivity index (χ2n) is 4.27. The van der Waals surface area contributed by atoms with Crippen molar-refractivity contribution in [1.29, 1.82) is 0 Å². The first-order valence-corrected chi connectivity index (χ1v) is 5.94. The third-order valence-corrected chi connectivity index (χ3v) is 3.52. The number of piperidine rings is 1. The highest BCUT2D eigenvalue weighted by atomic mass is 32.1. The topological polar surface area (TPSA) is 38.0 Å². The Labute approximate surface area is 104 Å². The lowest BCUT2D eigenvalue weighted by atomic mass is 9.91. The predicted molar refractivity (Wildman–Crippen MR) is 68.0 cm³/mol. The van der Waals surface area contributed by atoms with E-state index in [1.807, 2.05) is 0 Å². The van der Waals surface area contributed by atoms with Crippen molar-refractivity contribution in [2.75, 3.05) is 12.4 Å². The van der Waals surface area contributed by atoms with Gasteiger partial charge in [-0.3, -0.25) is 4.39 Å². The van der Waals surface area contributed by atoms with Gasteiger partial charge in [0.2, 0.25) is 0 Å². The lowest BCUT2D eigenvalue weighted by molar-refractivity contribution is 0.358. The molecule has 1 aromatic rings.